The molecule has 0 radical (unpaired) electrons. The zero-order valence-electron chi connectivity index (χ0n) is 10.3. The van der Waals surface area contributed by atoms with Crippen LogP contribution in [0.3, 0.4) is 0 Å². The molecule has 0 aromatic heterocycles. The van der Waals surface area contributed by atoms with Crippen molar-refractivity contribution in [2.45, 2.75) is 19.3 Å². The molecule has 1 atom stereocenters. The standard InChI is InChI=1S/C16H15ClO/c1-12-5-2-3-8-16(12)14(11-18)9-13-6-4-7-15(17)10-13/h2-8,10-11,14H,9H2,1H3. The van der Waals surface area contributed by atoms with E-state index in [0.29, 0.717) is 11.4 Å². The van der Waals surface area contributed by atoms with Crippen LogP contribution in [0.1, 0.15) is 22.6 Å². The van der Waals surface area contributed by atoms with Gasteiger partial charge in [-0.1, -0.05) is 48.0 Å². The van der Waals surface area contributed by atoms with E-state index in [9.17, 15) is 4.79 Å². The van der Waals surface area contributed by atoms with Gasteiger partial charge >= 0.3 is 0 Å². The monoisotopic (exact) mass is 258 g/mol. The minimum Gasteiger partial charge on any atom is -0.303 e. The maximum atomic E-state index is 11.3. The average molecular weight is 259 g/mol. The topological polar surface area (TPSA) is 17.1 Å². The normalized spacial score (nSPS) is 12.1. The average Bonchev–Trinajstić information content (AvgIpc) is 2.37. The number of benzene rings is 2. The first-order valence-corrected chi connectivity index (χ1v) is 6.34. The maximum Gasteiger partial charge on any atom is 0.127 e. The second-order valence-electron chi connectivity index (χ2n) is 4.43. The molecule has 2 rings (SSSR count). The lowest BCUT2D eigenvalue weighted by Gasteiger charge is -2.13. The van der Waals surface area contributed by atoms with E-state index < -0.39 is 0 Å². The third-order valence-electron chi connectivity index (χ3n) is 3.10. The van der Waals surface area contributed by atoms with E-state index in [1.807, 2.05) is 55.5 Å². The van der Waals surface area contributed by atoms with E-state index in [2.05, 4.69) is 0 Å². The number of rotatable bonds is 4. The molecule has 92 valence electrons. The summed E-state index contributed by atoms with van der Waals surface area (Å²) in [5, 5.41) is 0.710. The first-order chi connectivity index (χ1) is 8.70. The summed E-state index contributed by atoms with van der Waals surface area (Å²) in [7, 11) is 0. The summed E-state index contributed by atoms with van der Waals surface area (Å²) in [6.07, 6.45) is 1.71. The Morgan fingerprint density at radius 3 is 2.61 bits per heavy atom. The summed E-state index contributed by atoms with van der Waals surface area (Å²) in [4.78, 5) is 11.3. The number of halogens is 1. The Kier molecular flexibility index (Phi) is 4.16. The zero-order valence-corrected chi connectivity index (χ0v) is 11.0. The SMILES string of the molecule is Cc1ccccc1C(C=O)Cc1cccc(Cl)c1. The van der Waals surface area contributed by atoms with E-state index in [4.69, 9.17) is 11.6 Å². The molecule has 0 spiro atoms. The van der Waals surface area contributed by atoms with Gasteiger partial charge in [0.2, 0.25) is 0 Å². The van der Waals surface area contributed by atoms with Gasteiger partial charge in [-0.05, 0) is 42.2 Å². The molecule has 0 N–H and O–H groups in total. The molecule has 1 nitrogen and oxygen atoms in total. The number of aldehydes is 1. The highest BCUT2D eigenvalue weighted by atomic mass is 35.5. The largest absolute Gasteiger partial charge is 0.303 e. The quantitative estimate of drug-likeness (QED) is 0.752. The Bertz CT molecular complexity index is 548. The van der Waals surface area contributed by atoms with Crippen LogP contribution in [0.4, 0.5) is 0 Å². The summed E-state index contributed by atoms with van der Waals surface area (Å²) < 4.78 is 0. The third-order valence-corrected chi connectivity index (χ3v) is 3.33. The fraction of sp³-hybridized carbons (Fsp3) is 0.188. The van der Waals surface area contributed by atoms with E-state index >= 15 is 0 Å². The second-order valence-corrected chi connectivity index (χ2v) is 4.87. The van der Waals surface area contributed by atoms with Gasteiger partial charge < -0.3 is 4.79 Å². The first-order valence-electron chi connectivity index (χ1n) is 5.96. The van der Waals surface area contributed by atoms with Gasteiger partial charge in [0.15, 0.2) is 0 Å². The van der Waals surface area contributed by atoms with Crippen LogP contribution in [-0.4, -0.2) is 6.29 Å². The van der Waals surface area contributed by atoms with E-state index in [0.717, 1.165) is 23.0 Å². The van der Waals surface area contributed by atoms with Gasteiger partial charge in [0.1, 0.15) is 6.29 Å². The molecule has 0 bridgehead atoms. The molecule has 0 saturated heterocycles. The summed E-state index contributed by atoms with van der Waals surface area (Å²) in [6, 6.07) is 15.7. The van der Waals surface area contributed by atoms with E-state index in [-0.39, 0.29) is 5.92 Å². The lowest BCUT2D eigenvalue weighted by Crippen LogP contribution is -2.06. The summed E-state index contributed by atoms with van der Waals surface area (Å²) in [6.45, 7) is 2.03. The van der Waals surface area contributed by atoms with Gasteiger partial charge in [-0.3, -0.25) is 0 Å². The van der Waals surface area contributed by atoms with Gasteiger partial charge in [-0.15, -0.1) is 0 Å². The van der Waals surface area contributed by atoms with Crippen LogP contribution in [0.15, 0.2) is 48.5 Å². The Labute approximate surface area is 112 Å². The lowest BCUT2D eigenvalue weighted by atomic mass is 9.90. The Balaban J connectivity index is 2.25. The van der Waals surface area contributed by atoms with Gasteiger partial charge in [0, 0.05) is 10.9 Å². The van der Waals surface area contributed by atoms with Crippen LogP contribution in [0, 0.1) is 6.92 Å². The van der Waals surface area contributed by atoms with Crippen molar-refractivity contribution in [2.24, 2.45) is 0 Å². The van der Waals surface area contributed by atoms with Crippen LogP contribution in [0.2, 0.25) is 5.02 Å². The fourth-order valence-corrected chi connectivity index (χ4v) is 2.36. The van der Waals surface area contributed by atoms with Gasteiger partial charge in [-0.25, -0.2) is 0 Å². The van der Waals surface area contributed by atoms with Gasteiger partial charge in [0.05, 0.1) is 0 Å². The number of carbonyl (C=O) groups is 1. The molecule has 2 heteroatoms. The molecule has 0 heterocycles. The smallest absolute Gasteiger partial charge is 0.127 e. The van der Waals surface area contributed by atoms with Gasteiger partial charge in [-0.2, -0.15) is 0 Å². The van der Waals surface area contributed by atoms with Crippen LogP contribution in [0.25, 0.3) is 0 Å². The van der Waals surface area contributed by atoms with Crippen molar-refractivity contribution in [3.05, 3.63) is 70.2 Å². The van der Waals surface area contributed by atoms with E-state index in [1.165, 1.54) is 0 Å². The van der Waals surface area contributed by atoms with Crippen molar-refractivity contribution < 1.29 is 4.79 Å². The molecular weight excluding hydrogens is 244 g/mol. The molecule has 0 aliphatic heterocycles. The highest BCUT2D eigenvalue weighted by Crippen LogP contribution is 2.23. The fourth-order valence-electron chi connectivity index (χ4n) is 2.15. The number of hydrogen-bond donors (Lipinski definition) is 0. The van der Waals surface area contributed by atoms with Crippen molar-refractivity contribution in [2.75, 3.05) is 0 Å². The zero-order chi connectivity index (χ0) is 13.0. The molecule has 0 aliphatic carbocycles. The molecule has 0 aliphatic rings. The summed E-state index contributed by atoms with van der Waals surface area (Å²) >= 11 is 5.96. The predicted octanol–water partition coefficient (Wildman–Crippen LogP) is 4.17. The Hall–Kier alpha value is -1.60. The minimum atomic E-state index is -0.107. The van der Waals surface area contributed by atoms with Crippen LogP contribution < -0.4 is 0 Å². The molecule has 0 saturated carbocycles. The molecule has 0 amide bonds. The van der Waals surface area contributed by atoms with E-state index in [1.54, 1.807) is 0 Å². The number of hydrogen-bond acceptors (Lipinski definition) is 1. The summed E-state index contributed by atoms with van der Waals surface area (Å²) in [5.41, 5.74) is 3.33. The maximum absolute atomic E-state index is 11.3. The molecular formula is C16H15ClO. The Morgan fingerprint density at radius 2 is 1.94 bits per heavy atom. The van der Waals surface area contributed by atoms with Crippen LogP contribution in [-0.2, 0) is 11.2 Å². The second kappa shape index (κ2) is 5.83. The van der Waals surface area contributed by atoms with Crippen molar-refractivity contribution in [1.82, 2.24) is 0 Å². The molecule has 1 unspecified atom stereocenters. The molecule has 18 heavy (non-hydrogen) atoms. The number of aryl methyl sites for hydroxylation is 1. The van der Waals surface area contributed by atoms with Crippen LogP contribution in [0.5, 0.6) is 0 Å². The van der Waals surface area contributed by atoms with Crippen molar-refractivity contribution in [3.63, 3.8) is 0 Å². The molecule has 2 aromatic carbocycles. The highest BCUT2D eigenvalue weighted by Gasteiger charge is 2.13. The third kappa shape index (κ3) is 2.99. The van der Waals surface area contributed by atoms with Gasteiger partial charge in [0.25, 0.3) is 0 Å². The minimum absolute atomic E-state index is 0.107. The Morgan fingerprint density at radius 1 is 1.17 bits per heavy atom. The highest BCUT2D eigenvalue weighted by molar-refractivity contribution is 6.30. The molecule has 0 fully saturated rings. The van der Waals surface area contributed by atoms with Crippen molar-refractivity contribution >= 4 is 17.9 Å². The number of carbonyl (C=O) groups excluding carboxylic acids is 1. The van der Waals surface area contributed by atoms with Crippen molar-refractivity contribution in [3.8, 4) is 0 Å². The first kappa shape index (κ1) is 12.8. The summed E-state index contributed by atoms with van der Waals surface area (Å²) in [5.74, 6) is -0.107. The molecule has 2 aromatic rings. The van der Waals surface area contributed by atoms with Crippen LogP contribution >= 0.6 is 11.6 Å². The predicted molar refractivity (Wildman–Crippen MR) is 75.1 cm³/mol. The van der Waals surface area contributed by atoms with Crippen molar-refractivity contribution in [1.29, 1.82) is 0 Å². The lowest BCUT2D eigenvalue weighted by molar-refractivity contribution is -0.109.